The highest BCUT2D eigenvalue weighted by atomic mass is 16.5. The molecule has 1 rings (SSSR count). The van der Waals surface area contributed by atoms with Crippen LogP contribution in [0, 0.1) is 19.3 Å². The van der Waals surface area contributed by atoms with Crippen LogP contribution in [0.5, 0.6) is 0 Å². The molecule has 0 aliphatic carbocycles. The molecule has 0 bridgehead atoms. The lowest BCUT2D eigenvalue weighted by Crippen LogP contribution is -2.40. The summed E-state index contributed by atoms with van der Waals surface area (Å²) in [5, 5.41) is 2.46. The van der Waals surface area contributed by atoms with Crippen molar-refractivity contribution in [1.29, 1.82) is 0 Å². The second-order valence-corrected chi connectivity index (χ2v) is 4.96. The van der Waals surface area contributed by atoms with E-state index in [4.69, 9.17) is 0 Å². The standard InChI is InChI=1S/C12H18N2O4/c1-7-8(2)10(16)14(13-9(7)15)6-12(3,4)11(17)18-5/h6H2,1-5H3,(H,13,15). The monoisotopic (exact) mass is 254 g/mol. The number of H-pyrrole nitrogens is 1. The van der Waals surface area contributed by atoms with E-state index < -0.39 is 11.4 Å². The summed E-state index contributed by atoms with van der Waals surface area (Å²) < 4.78 is 5.82. The molecule has 0 fully saturated rings. The van der Waals surface area contributed by atoms with Crippen LogP contribution in [0.25, 0.3) is 0 Å². The minimum Gasteiger partial charge on any atom is -0.469 e. The number of esters is 1. The molecule has 6 heteroatoms. The SMILES string of the molecule is COC(=O)C(C)(C)Cn1[nH]c(=O)c(C)c(C)c1=O. The summed E-state index contributed by atoms with van der Waals surface area (Å²) in [4.78, 5) is 35.1. The van der Waals surface area contributed by atoms with Crippen molar-refractivity contribution in [3.8, 4) is 0 Å². The molecular formula is C12H18N2O4. The third-order valence-electron chi connectivity index (χ3n) is 3.00. The topological polar surface area (TPSA) is 81.2 Å². The molecule has 1 aromatic heterocycles. The van der Waals surface area contributed by atoms with Gasteiger partial charge in [0.25, 0.3) is 11.1 Å². The average Bonchev–Trinajstić information content (AvgIpc) is 2.31. The molecular weight excluding hydrogens is 236 g/mol. The number of ether oxygens (including phenoxy) is 1. The summed E-state index contributed by atoms with van der Waals surface area (Å²) >= 11 is 0. The van der Waals surface area contributed by atoms with Gasteiger partial charge in [0.2, 0.25) is 0 Å². The second kappa shape index (κ2) is 4.80. The van der Waals surface area contributed by atoms with Crippen LogP contribution in [-0.2, 0) is 16.1 Å². The molecule has 0 radical (unpaired) electrons. The summed E-state index contributed by atoms with van der Waals surface area (Å²) in [6, 6.07) is 0. The molecule has 1 N–H and O–H groups in total. The highest BCUT2D eigenvalue weighted by molar-refractivity contribution is 5.75. The van der Waals surface area contributed by atoms with Crippen LogP contribution in [0.2, 0.25) is 0 Å². The Labute approximate surface area is 105 Å². The zero-order valence-electron chi connectivity index (χ0n) is 11.3. The lowest BCUT2D eigenvalue weighted by atomic mass is 9.94. The molecule has 0 aromatic carbocycles. The molecule has 0 saturated carbocycles. The van der Waals surface area contributed by atoms with Gasteiger partial charge in [-0.15, -0.1) is 0 Å². The van der Waals surface area contributed by atoms with Crippen molar-refractivity contribution in [2.45, 2.75) is 34.2 Å². The Kier molecular flexibility index (Phi) is 3.79. The van der Waals surface area contributed by atoms with Gasteiger partial charge in [-0.2, -0.15) is 0 Å². The summed E-state index contributed by atoms with van der Waals surface area (Å²) in [6.07, 6.45) is 0. The van der Waals surface area contributed by atoms with Crippen LogP contribution in [0.15, 0.2) is 9.59 Å². The minimum atomic E-state index is -0.886. The van der Waals surface area contributed by atoms with E-state index in [2.05, 4.69) is 9.84 Å². The number of nitrogens with one attached hydrogen (secondary N) is 1. The summed E-state index contributed by atoms with van der Waals surface area (Å²) in [5.41, 5.74) is -0.730. The molecule has 0 atom stereocenters. The maximum atomic E-state index is 12.0. The number of carbonyl (C=O) groups excluding carboxylic acids is 1. The number of aromatic nitrogens is 2. The smallest absolute Gasteiger partial charge is 0.313 e. The van der Waals surface area contributed by atoms with Crippen molar-refractivity contribution < 1.29 is 9.53 Å². The van der Waals surface area contributed by atoms with Gasteiger partial charge in [-0.05, 0) is 27.7 Å². The van der Waals surface area contributed by atoms with Crippen molar-refractivity contribution in [1.82, 2.24) is 9.78 Å². The van der Waals surface area contributed by atoms with Crippen molar-refractivity contribution in [3.63, 3.8) is 0 Å². The molecule has 0 saturated heterocycles. The minimum absolute atomic E-state index is 0.0644. The zero-order valence-corrected chi connectivity index (χ0v) is 11.3. The Bertz CT molecular complexity index is 581. The molecule has 18 heavy (non-hydrogen) atoms. The van der Waals surface area contributed by atoms with Crippen molar-refractivity contribution >= 4 is 5.97 Å². The average molecular weight is 254 g/mol. The quantitative estimate of drug-likeness (QED) is 0.789. The van der Waals surface area contributed by atoms with E-state index in [1.807, 2.05) is 0 Å². The molecule has 0 aliphatic rings. The lowest BCUT2D eigenvalue weighted by molar-refractivity contribution is -0.151. The molecule has 0 spiro atoms. The first kappa shape index (κ1) is 14.2. The number of methoxy groups -OCH3 is 1. The number of hydrogen-bond acceptors (Lipinski definition) is 4. The second-order valence-electron chi connectivity index (χ2n) is 4.96. The predicted octanol–water partition coefficient (Wildman–Crippen LogP) is 0.353. The van der Waals surface area contributed by atoms with E-state index in [1.54, 1.807) is 27.7 Å². The Morgan fingerprint density at radius 1 is 1.28 bits per heavy atom. The molecule has 1 aromatic rings. The molecule has 6 nitrogen and oxygen atoms in total. The Balaban J connectivity index is 3.26. The van der Waals surface area contributed by atoms with Gasteiger partial charge >= 0.3 is 5.97 Å². The first-order valence-corrected chi connectivity index (χ1v) is 5.59. The number of aromatic amines is 1. The number of nitrogens with zero attached hydrogens (tertiary/aromatic N) is 1. The number of hydrogen-bond donors (Lipinski definition) is 1. The van der Waals surface area contributed by atoms with E-state index in [9.17, 15) is 14.4 Å². The Morgan fingerprint density at radius 3 is 2.33 bits per heavy atom. The van der Waals surface area contributed by atoms with E-state index >= 15 is 0 Å². The fourth-order valence-electron chi connectivity index (χ4n) is 1.64. The number of rotatable bonds is 3. The molecule has 0 unspecified atom stereocenters. The van der Waals surface area contributed by atoms with E-state index in [1.165, 1.54) is 7.11 Å². The molecule has 1 heterocycles. The first-order valence-electron chi connectivity index (χ1n) is 5.59. The van der Waals surface area contributed by atoms with Crippen LogP contribution in [-0.4, -0.2) is 22.9 Å². The summed E-state index contributed by atoms with van der Waals surface area (Å²) in [7, 11) is 1.29. The predicted molar refractivity (Wildman–Crippen MR) is 66.6 cm³/mol. The van der Waals surface area contributed by atoms with Crippen molar-refractivity contribution in [2.24, 2.45) is 5.41 Å². The number of carbonyl (C=O) groups is 1. The van der Waals surface area contributed by atoms with E-state index in [-0.39, 0.29) is 17.7 Å². The maximum absolute atomic E-state index is 12.0. The van der Waals surface area contributed by atoms with Gasteiger partial charge < -0.3 is 4.74 Å². The fourth-order valence-corrected chi connectivity index (χ4v) is 1.64. The van der Waals surface area contributed by atoms with Gasteiger partial charge in [0.05, 0.1) is 19.1 Å². The molecule has 100 valence electrons. The van der Waals surface area contributed by atoms with Crippen LogP contribution < -0.4 is 11.1 Å². The molecule has 0 amide bonds. The zero-order chi connectivity index (χ0) is 14.1. The highest BCUT2D eigenvalue weighted by Gasteiger charge is 2.30. The summed E-state index contributed by atoms with van der Waals surface area (Å²) in [6.45, 7) is 6.55. The van der Waals surface area contributed by atoms with Crippen LogP contribution >= 0.6 is 0 Å². The summed E-state index contributed by atoms with van der Waals surface area (Å²) in [5.74, 6) is -0.437. The van der Waals surface area contributed by atoms with Gasteiger partial charge in [0, 0.05) is 11.1 Å². The third kappa shape index (κ3) is 2.52. The first-order chi connectivity index (χ1) is 8.20. The maximum Gasteiger partial charge on any atom is 0.313 e. The third-order valence-corrected chi connectivity index (χ3v) is 3.00. The fraction of sp³-hybridized carbons (Fsp3) is 0.583. The largest absolute Gasteiger partial charge is 0.469 e. The van der Waals surface area contributed by atoms with Crippen molar-refractivity contribution in [3.05, 3.63) is 31.8 Å². The lowest BCUT2D eigenvalue weighted by Gasteiger charge is -2.22. The normalized spacial score (nSPS) is 11.4. The van der Waals surface area contributed by atoms with Crippen LogP contribution in [0.4, 0.5) is 0 Å². The van der Waals surface area contributed by atoms with Crippen molar-refractivity contribution in [2.75, 3.05) is 7.11 Å². The van der Waals surface area contributed by atoms with Gasteiger partial charge in [-0.3, -0.25) is 19.5 Å². The van der Waals surface area contributed by atoms with E-state index in [0.717, 1.165) is 4.68 Å². The van der Waals surface area contributed by atoms with E-state index in [0.29, 0.717) is 11.1 Å². The Morgan fingerprint density at radius 2 is 1.83 bits per heavy atom. The van der Waals surface area contributed by atoms with Crippen LogP contribution in [0.1, 0.15) is 25.0 Å². The van der Waals surface area contributed by atoms with Gasteiger partial charge in [-0.25, -0.2) is 4.68 Å². The molecule has 0 aliphatic heterocycles. The highest BCUT2D eigenvalue weighted by Crippen LogP contribution is 2.18. The van der Waals surface area contributed by atoms with Gasteiger partial charge in [0.15, 0.2) is 0 Å². The Hall–Kier alpha value is -1.85. The van der Waals surface area contributed by atoms with Crippen LogP contribution in [0.3, 0.4) is 0 Å². The van der Waals surface area contributed by atoms with Gasteiger partial charge in [-0.1, -0.05) is 0 Å². The van der Waals surface area contributed by atoms with Gasteiger partial charge in [0.1, 0.15) is 0 Å².